The maximum Gasteiger partial charge on any atom is 0.417 e. The molecule has 0 N–H and O–H groups in total. The molecule has 11 heteroatoms. The van der Waals surface area contributed by atoms with Crippen molar-refractivity contribution in [3.63, 3.8) is 0 Å². The summed E-state index contributed by atoms with van der Waals surface area (Å²) in [5, 5.41) is 0. The number of benzene rings is 3. The van der Waals surface area contributed by atoms with Crippen LogP contribution in [0.3, 0.4) is 0 Å². The molecule has 7 rings (SSSR count). The fourth-order valence-electron chi connectivity index (χ4n) is 7.23. The third-order valence-corrected chi connectivity index (χ3v) is 9.14. The SMILES string of the molecule is C=C1C2C(Cc3ccccc3-c3cc(-c4ccccc4)cc[n+]31)c1c(c(C(F)(F)F)cc(C(F)(F)F)c1C(F)(F)F)-c1ccc(C)c[n+]12. The van der Waals surface area contributed by atoms with Gasteiger partial charge in [0.1, 0.15) is 0 Å². The van der Waals surface area contributed by atoms with Gasteiger partial charge in [0.25, 0.3) is 0 Å². The first-order valence-electron chi connectivity index (χ1n) is 14.9. The van der Waals surface area contributed by atoms with Gasteiger partial charge >= 0.3 is 18.5 Å². The van der Waals surface area contributed by atoms with E-state index in [4.69, 9.17) is 0 Å². The van der Waals surface area contributed by atoms with Crippen LogP contribution in [0, 0.1) is 6.92 Å². The van der Waals surface area contributed by atoms with Crippen molar-refractivity contribution >= 4 is 5.70 Å². The van der Waals surface area contributed by atoms with Crippen LogP contribution in [0.2, 0.25) is 0 Å². The van der Waals surface area contributed by atoms with Crippen molar-refractivity contribution in [3.8, 4) is 33.6 Å². The van der Waals surface area contributed by atoms with Crippen LogP contribution in [0.25, 0.3) is 39.3 Å². The maximum absolute atomic E-state index is 15.0. The van der Waals surface area contributed by atoms with Crippen LogP contribution in [0.5, 0.6) is 0 Å². The van der Waals surface area contributed by atoms with Crippen molar-refractivity contribution in [2.45, 2.75) is 43.8 Å². The van der Waals surface area contributed by atoms with Gasteiger partial charge in [-0.15, -0.1) is 0 Å². The number of hydrogen-bond donors (Lipinski definition) is 0. The lowest BCUT2D eigenvalue weighted by atomic mass is 9.72. The Hall–Kier alpha value is -4.93. The summed E-state index contributed by atoms with van der Waals surface area (Å²) in [5.74, 6) is -1.53. The summed E-state index contributed by atoms with van der Waals surface area (Å²) in [6.07, 6.45) is -13.9. The fourth-order valence-corrected chi connectivity index (χ4v) is 7.23. The lowest BCUT2D eigenvalue weighted by Crippen LogP contribution is -2.55. The number of fused-ring (bicyclic) bond motifs is 9. The number of hydrogen-bond acceptors (Lipinski definition) is 0. The molecular weight excluding hydrogens is 643 g/mol. The minimum absolute atomic E-state index is 0.186. The van der Waals surface area contributed by atoms with E-state index >= 15 is 0 Å². The van der Waals surface area contributed by atoms with E-state index in [9.17, 15) is 39.5 Å². The van der Waals surface area contributed by atoms with E-state index in [0.717, 1.165) is 11.1 Å². The van der Waals surface area contributed by atoms with Crippen molar-refractivity contribution < 1.29 is 48.6 Å². The molecule has 0 amide bonds. The third-order valence-electron chi connectivity index (χ3n) is 9.14. The summed E-state index contributed by atoms with van der Waals surface area (Å²) in [4.78, 5) is 0. The Morgan fingerprint density at radius 2 is 1.35 bits per heavy atom. The maximum atomic E-state index is 15.0. The van der Waals surface area contributed by atoms with E-state index in [2.05, 4.69) is 6.58 Å². The van der Waals surface area contributed by atoms with Gasteiger partial charge in [0.05, 0.1) is 28.2 Å². The van der Waals surface area contributed by atoms with Gasteiger partial charge in [-0.25, -0.2) is 0 Å². The van der Waals surface area contributed by atoms with Gasteiger partial charge in [-0.05, 0) is 60.4 Å². The number of aryl methyl sites for hydroxylation is 1. The smallest absolute Gasteiger partial charge is 0.184 e. The Kier molecular flexibility index (Phi) is 7.12. The average Bonchev–Trinajstić information content (AvgIpc) is 3.02. The van der Waals surface area contributed by atoms with Gasteiger partial charge < -0.3 is 0 Å². The van der Waals surface area contributed by atoms with Crippen LogP contribution in [-0.2, 0) is 24.9 Å². The van der Waals surface area contributed by atoms with Gasteiger partial charge in [0, 0.05) is 29.3 Å². The predicted octanol–water partition coefficient (Wildman–Crippen LogP) is 9.99. The first-order chi connectivity index (χ1) is 22.6. The highest BCUT2D eigenvalue weighted by molar-refractivity contribution is 5.76. The zero-order valence-electron chi connectivity index (χ0n) is 25.1. The van der Waals surface area contributed by atoms with Gasteiger partial charge in [-0.2, -0.15) is 48.6 Å². The molecule has 0 bridgehead atoms. The molecule has 0 spiro atoms. The highest BCUT2D eigenvalue weighted by atomic mass is 19.4. The van der Waals surface area contributed by atoms with E-state index in [-0.39, 0.29) is 17.8 Å². The molecule has 2 atom stereocenters. The summed E-state index contributed by atoms with van der Waals surface area (Å²) < 4.78 is 136. The van der Waals surface area contributed by atoms with Crippen molar-refractivity contribution in [2.75, 3.05) is 0 Å². The standard InChI is InChI=1S/C37H25F9N2/c1-20-12-13-29-32-27(35(38,39)40)18-28(36(41,42)43)33(37(44,45)46)31(32)26-16-24-10-6-7-11-25(24)30-17-23(22-8-4-3-5-9-22)14-15-47(30)21(2)34(26)48(29)19-20/h3-15,17-19,26,34H,2,16H2,1H3/q+2. The van der Waals surface area contributed by atoms with E-state index in [1.54, 1.807) is 48.0 Å². The number of pyridine rings is 2. The summed E-state index contributed by atoms with van der Waals surface area (Å²) in [7, 11) is 0. The zero-order valence-corrected chi connectivity index (χ0v) is 25.1. The van der Waals surface area contributed by atoms with Gasteiger partial charge in [-0.3, -0.25) is 0 Å². The van der Waals surface area contributed by atoms with Crippen molar-refractivity contribution in [1.29, 1.82) is 0 Å². The molecule has 4 heterocycles. The number of rotatable bonds is 1. The van der Waals surface area contributed by atoms with Crippen LogP contribution in [-0.4, -0.2) is 0 Å². The van der Waals surface area contributed by atoms with Crippen LogP contribution in [0.4, 0.5) is 39.5 Å². The van der Waals surface area contributed by atoms with Crippen LogP contribution in [0.1, 0.15) is 45.3 Å². The molecule has 0 aliphatic carbocycles. The molecule has 48 heavy (non-hydrogen) atoms. The Morgan fingerprint density at radius 3 is 2.02 bits per heavy atom. The van der Waals surface area contributed by atoms with Crippen LogP contribution >= 0.6 is 0 Å². The van der Waals surface area contributed by atoms with Crippen molar-refractivity contribution in [1.82, 2.24) is 0 Å². The molecule has 0 saturated heterocycles. The second-order valence-electron chi connectivity index (χ2n) is 12.1. The first kappa shape index (κ1) is 31.7. The summed E-state index contributed by atoms with van der Waals surface area (Å²) in [6, 6.07) is 20.9. The number of nitrogens with zero attached hydrogens (tertiary/aromatic N) is 2. The third kappa shape index (κ3) is 5.07. The Morgan fingerprint density at radius 1 is 0.688 bits per heavy atom. The summed E-state index contributed by atoms with van der Waals surface area (Å²) in [6.45, 7) is 5.94. The molecular formula is C37H25F9N2+2. The van der Waals surface area contributed by atoms with Crippen molar-refractivity contribution in [2.24, 2.45) is 0 Å². The van der Waals surface area contributed by atoms with E-state index < -0.39 is 64.4 Å². The van der Waals surface area contributed by atoms with Crippen LogP contribution < -0.4 is 9.13 Å². The minimum atomic E-state index is -5.73. The largest absolute Gasteiger partial charge is 0.417 e. The number of alkyl halides is 9. The lowest BCUT2D eigenvalue weighted by molar-refractivity contribution is -0.728. The minimum Gasteiger partial charge on any atom is -0.184 e. The number of halogens is 9. The van der Waals surface area contributed by atoms with E-state index in [0.29, 0.717) is 22.4 Å². The van der Waals surface area contributed by atoms with Crippen molar-refractivity contribution in [3.05, 3.63) is 137 Å². The zero-order chi connectivity index (χ0) is 34.3. The monoisotopic (exact) mass is 668 g/mol. The highest BCUT2D eigenvalue weighted by Gasteiger charge is 2.57. The number of aromatic nitrogens is 2. The summed E-state index contributed by atoms with van der Waals surface area (Å²) >= 11 is 0. The molecule has 2 aliphatic heterocycles. The second kappa shape index (κ2) is 10.8. The lowest BCUT2D eigenvalue weighted by Gasteiger charge is -2.35. The Labute approximate surface area is 269 Å². The van der Waals surface area contributed by atoms with Gasteiger partial charge in [0.2, 0.25) is 23.1 Å². The molecule has 2 unspecified atom stereocenters. The van der Waals surface area contributed by atoms with Gasteiger partial charge in [0.15, 0.2) is 12.4 Å². The summed E-state index contributed by atoms with van der Waals surface area (Å²) in [5.41, 5.74) is -4.40. The van der Waals surface area contributed by atoms with Gasteiger partial charge in [-0.1, -0.05) is 48.5 Å². The Bertz CT molecular complexity index is 2110. The molecule has 2 nitrogen and oxygen atoms in total. The topological polar surface area (TPSA) is 7.76 Å². The fraction of sp³-hybridized carbons (Fsp3) is 0.189. The second-order valence-corrected chi connectivity index (χ2v) is 12.1. The molecule has 2 aromatic heterocycles. The predicted molar refractivity (Wildman–Crippen MR) is 160 cm³/mol. The van der Waals surface area contributed by atoms with E-state index in [1.165, 1.54) is 22.9 Å². The molecule has 3 aromatic carbocycles. The quantitative estimate of drug-likeness (QED) is 0.124. The highest BCUT2D eigenvalue weighted by Crippen LogP contribution is 2.56. The van der Waals surface area contributed by atoms with Crippen LogP contribution in [0.15, 0.2) is 104 Å². The molecule has 0 fully saturated rings. The molecule has 0 saturated carbocycles. The van der Waals surface area contributed by atoms with E-state index in [1.807, 2.05) is 36.4 Å². The Balaban J connectivity index is 1.62. The molecule has 5 aromatic rings. The molecule has 2 aliphatic rings. The molecule has 0 radical (unpaired) electrons. The first-order valence-corrected chi connectivity index (χ1v) is 14.9. The normalized spacial score (nSPS) is 17.3. The average molecular weight is 669 g/mol. The number of allylic oxidation sites excluding steroid dienone is 1. The molecule has 244 valence electrons.